The molecule has 0 spiro atoms. The second-order valence-electron chi connectivity index (χ2n) is 9.06. The minimum absolute atomic E-state index is 0.0109. The maximum atomic E-state index is 9.39. The third kappa shape index (κ3) is 3.69. The van der Waals surface area contributed by atoms with Crippen LogP contribution >= 0.6 is 0 Å². The lowest BCUT2D eigenvalue weighted by molar-refractivity contribution is 1.63. The molecular formula is C40H26. The highest BCUT2D eigenvalue weighted by Gasteiger charge is 2.16. The fourth-order valence-corrected chi connectivity index (χ4v) is 4.98. The zero-order valence-electron chi connectivity index (χ0n) is 39.5. The highest BCUT2D eigenvalue weighted by atomic mass is 14.2. The quantitative estimate of drug-likeness (QED) is 0.201. The van der Waals surface area contributed by atoms with E-state index in [1.165, 1.54) is 0 Å². The topological polar surface area (TPSA) is 0 Å². The van der Waals surface area contributed by atoms with E-state index >= 15 is 0 Å². The van der Waals surface area contributed by atoms with Crippen molar-refractivity contribution in [1.82, 2.24) is 0 Å². The van der Waals surface area contributed by atoms with Crippen LogP contribution in [-0.2, 0) is 0 Å². The van der Waals surface area contributed by atoms with Crippen LogP contribution < -0.4 is 0 Å². The molecule has 0 bridgehead atoms. The van der Waals surface area contributed by atoms with Gasteiger partial charge in [-0.15, -0.1) is 0 Å². The van der Waals surface area contributed by atoms with Gasteiger partial charge in [0.1, 0.15) is 0 Å². The first kappa shape index (κ1) is 10.8. The fraction of sp³-hybridized carbons (Fsp3) is 0. The molecule has 0 radical (unpaired) electrons. The minimum Gasteiger partial charge on any atom is -0.0616 e. The van der Waals surface area contributed by atoms with Crippen molar-refractivity contribution in [2.24, 2.45) is 0 Å². The first-order valence-corrected chi connectivity index (χ1v) is 12.3. The van der Waals surface area contributed by atoms with Crippen molar-refractivity contribution in [3.8, 4) is 33.4 Å². The van der Waals surface area contributed by atoms with Gasteiger partial charge in [0.05, 0.1) is 26.0 Å². The number of hydrogen-bond acceptors (Lipinski definition) is 0. The van der Waals surface area contributed by atoms with E-state index in [1.807, 2.05) is 12.1 Å². The number of benzene rings is 8. The van der Waals surface area contributed by atoms with Crippen molar-refractivity contribution in [2.45, 2.75) is 0 Å². The van der Waals surface area contributed by atoms with E-state index < -0.39 is 148 Å². The molecule has 0 heteroatoms. The molecule has 8 aromatic rings. The summed E-state index contributed by atoms with van der Waals surface area (Å²) in [5.74, 6) is 0. The zero-order valence-corrected chi connectivity index (χ0v) is 20.5. The maximum absolute atomic E-state index is 9.39. The average molecular weight is 526 g/mol. The van der Waals surface area contributed by atoms with Gasteiger partial charge in [-0.25, -0.2) is 0 Å². The maximum Gasteiger partial charge on any atom is 0.0636 e. The molecule has 0 nitrogen and oxygen atoms in total. The molecule has 0 heterocycles. The number of fused-ring (bicyclic) bond motifs is 4. The van der Waals surface area contributed by atoms with Gasteiger partial charge in [0.25, 0.3) is 0 Å². The smallest absolute Gasteiger partial charge is 0.0616 e. The van der Waals surface area contributed by atoms with Crippen LogP contribution in [0.5, 0.6) is 0 Å². The summed E-state index contributed by atoms with van der Waals surface area (Å²) in [5, 5.41) is -0.575. The van der Waals surface area contributed by atoms with Crippen LogP contribution in [0.25, 0.3) is 76.5 Å². The van der Waals surface area contributed by atoms with Gasteiger partial charge in [-0.3, -0.25) is 0 Å². The highest BCUT2D eigenvalue weighted by molar-refractivity contribution is 6.21. The summed E-state index contributed by atoms with van der Waals surface area (Å²) in [7, 11) is 0. The first-order chi connectivity index (χ1) is 27.8. The van der Waals surface area contributed by atoms with Gasteiger partial charge in [-0.1, -0.05) is 145 Å². The van der Waals surface area contributed by atoms with Crippen molar-refractivity contribution in [2.75, 3.05) is 0 Å². The molecule has 0 fully saturated rings. The second kappa shape index (κ2) is 9.22. The Hall–Kier alpha value is -5.20. The molecule has 0 unspecified atom stereocenters. The fourth-order valence-electron chi connectivity index (χ4n) is 4.98. The molecule has 0 aliphatic rings. The molecule has 0 atom stereocenters. The summed E-state index contributed by atoms with van der Waals surface area (Å²) in [5.41, 5.74) is -2.05. The Balaban J connectivity index is 1.61. The predicted octanol–water partition coefficient (Wildman–Crippen LogP) is 11.3. The zero-order chi connectivity index (χ0) is 43.0. The highest BCUT2D eigenvalue weighted by Crippen LogP contribution is 2.44. The van der Waals surface area contributed by atoms with Crippen LogP contribution in [0.4, 0.5) is 0 Å². The summed E-state index contributed by atoms with van der Waals surface area (Å²) in [6.45, 7) is 0. The summed E-state index contributed by atoms with van der Waals surface area (Å²) in [4.78, 5) is 0. The van der Waals surface area contributed by atoms with Crippen LogP contribution in [0, 0.1) is 0 Å². The van der Waals surface area contributed by atoms with Crippen molar-refractivity contribution < 1.29 is 26.0 Å². The molecule has 8 rings (SSSR count). The third-order valence-corrected chi connectivity index (χ3v) is 6.79. The Labute approximate surface area is 260 Å². The van der Waals surface area contributed by atoms with E-state index in [2.05, 4.69) is 0 Å². The molecule has 0 amide bonds. The lowest BCUT2D eigenvalue weighted by Gasteiger charge is -2.18. The van der Waals surface area contributed by atoms with E-state index in [0.29, 0.717) is 10.9 Å². The van der Waals surface area contributed by atoms with Gasteiger partial charge in [0, 0.05) is 0 Å². The van der Waals surface area contributed by atoms with E-state index in [4.69, 9.17) is 15.1 Å². The monoisotopic (exact) mass is 525 g/mol. The Kier molecular flexibility index (Phi) is 2.48. The van der Waals surface area contributed by atoms with Crippen molar-refractivity contribution in [3.63, 3.8) is 0 Å². The largest absolute Gasteiger partial charge is 0.0636 e. The van der Waals surface area contributed by atoms with Gasteiger partial charge in [0.2, 0.25) is 0 Å². The predicted molar refractivity (Wildman–Crippen MR) is 173 cm³/mol. The van der Waals surface area contributed by atoms with Crippen LogP contribution in [0.15, 0.2) is 157 Å². The lowest BCUT2D eigenvalue weighted by atomic mass is 9.85. The second-order valence-corrected chi connectivity index (χ2v) is 9.06. The normalized spacial score (nSPS) is 18.1. The molecule has 0 N–H and O–H groups in total. The molecule has 8 aromatic carbocycles. The molecule has 0 aliphatic heterocycles. The first-order valence-electron chi connectivity index (χ1n) is 21.8. The summed E-state index contributed by atoms with van der Waals surface area (Å²) < 4.78 is 169. The van der Waals surface area contributed by atoms with E-state index in [1.54, 1.807) is 30.3 Å². The van der Waals surface area contributed by atoms with Gasteiger partial charge < -0.3 is 0 Å². The SMILES string of the molecule is [2H]c1c([2H])c(-c2c3c([2H])c([2H])c([2H])c([2H])c3c(-c3ccc4ccccc4c3)c3c([2H])c([2H])c([2H])c([2H])c23)c([2H])c([2H])c1-c1c([2H])c([2H])c2c([2H])c([2H])c([2H])c([2H])c2c1[2H]. The Bertz CT molecular complexity index is 3150. The van der Waals surface area contributed by atoms with E-state index in [9.17, 15) is 11.0 Å². The van der Waals surface area contributed by atoms with Gasteiger partial charge in [-0.2, -0.15) is 0 Å². The Morgan fingerprint density at radius 1 is 0.350 bits per heavy atom. The molecule has 0 saturated carbocycles. The molecular weight excluding hydrogens is 480 g/mol. The van der Waals surface area contributed by atoms with Crippen molar-refractivity contribution in [3.05, 3.63) is 157 Å². The van der Waals surface area contributed by atoms with E-state index in [0.717, 1.165) is 5.39 Å². The number of hydrogen-bond donors (Lipinski definition) is 0. The third-order valence-electron chi connectivity index (χ3n) is 6.79. The summed E-state index contributed by atoms with van der Waals surface area (Å²) in [6.07, 6.45) is 0. The lowest BCUT2D eigenvalue weighted by Crippen LogP contribution is -1.91. The van der Waals surface area contributed by atoms with Gasteiger partial charge in [-0.05, 0) is 88.6 Å². The molecule has 186 valence electrons. The van der Waals surface area contributed by atoms with Crippen LogP contribution in [0.3, 0.4) is 0 Å². The number of rotatable bonds is 3. The average Bonchev–Trinajstić information content (AvgIpc) is 3.22. The van der Waals surface area contributed by atoms with Crippen molar-refractivity contribution >= 4 is 43.1 Å². The minimum atomic E-state index is -0.899. The summed E-state index contributed by atoms with van der Waals surface area (Å²) in [6, 6.07) is -1.89. The van der Waals surface area contributed by atoms with Crippen LogP contribution in [0.2, 0.25) is 0 Å². The molecule has 0 aliphatic carbocycles. The van der Waals surface area contributed by atoms with Gasteiger partial charge >= 0.3 is 0 Å². The van der Waals surface area contributed by atoms with Crippen molar-refractivity contribution in [1.29, 1.82) is 0 Å². The molecule has 40 heavy (non-hydrogen) atoms. The standard InChI is InChI=1S/C40H26/c1-3-11-31-25-33(23-19-27(31)9-1)29-17-21-30(22-18-29)39-35-13-5-7-15-37(35)40(38-16-8-6-14-36(38)39)34-24-20-28-10-2-4-12-32(28)26-34/h1-26H/i1D,3D,5D,6D,7D,8D,9D,11D,13D,14D,15D,16D,17D,18D,19D,21D,22D,23D,25D. The Morgan fingerprint density at radius 2 is 0.875 bits per heavy atom. The van der Waals surface area contributed by atoms with Crippen LogP contribution in [0.1, 0.15) is 26.0 Å². The molecule has 0 aromatic heterocycles. The van der Waals surface area contributed by atoms with Crippen LogP contribution in [-0.4, -0.2) is 0 Å². The Morgan fingerprint density at radius 3 is 1.55 bits per heavy atom. The van der Waals surface area contributed by atoms with Gasteiger partial charge in [0.15, 0.2) is 0 Å². The summed E-state index contributed by atoms with van der Waals surface area (Å²) >= 11 is 0. The van der Waals surface area contributed by atoms with E-state index in [-0.39, 0.29) is 27.1 Å². The molecule has 0 saturated heterocycles.